The van der Waals surface area contributed by atoms with E-state index >= 15 is 0 Å². The van der Waals surface area contributed by atoms with Crippen LogP contribution in [-0.2, 0) is 19.4 Å². The van der Waals surface area contributed by atoms with E-state index in [1.807, 2.05) is 37.3 Å². The van der Waals surface area contributed by atoms with Gasteiger partial charge in [-0.25, -0.2) is 4.98 Å². The number of fused-ring (bicyclic) bond motifs is 3. The second kappa shape index (κ2) is 9.08. The average molecular weight is 495 g/mol. The third kappa shape index (κ3) is 4.10. The van der Waals surface area contributed by atoms with Crippen LogP contribution in [0.25, 0.3) is 21.6 Å². The summed E-state index contributed by atoms with van der Waals surface area (Å²) in [5.74, 6) is 2.37. The summed E-state index contributed by atoms with van der Waals surface area (Å²) in [6.45, 7) is 6.53. The zero-order chi connectivity index (χ0) is 24.0. The molecule has 2 aromatic carbocycles. The lowest BCUT2D eigenvalue weighted by atomic mass is 10.0. The molecule has 0 radical (unpaired) electrons. The molecule has 0 fully saturated rings. The molecule has 0 aliphatic heterocycles. The first-order valence-corrected chi connectivity index (χ1v) is 12.7. The van der Waals surface area contributed by atoms with Crippen molar-refractivity contribution in [2.75, 3.05) is 7.11 Å². The maximum atomic E-state index is 12.9. The monoisotopic (exact) mass is 494 g/mol. The minimum atomic E-state index is -0.0637. The van der Waals surface area contributed by atoms with Crippen molar-refractivity contribution in [3.8, 4) is 22.9 Å². The zero-order valence-corrected chi connectivity index (χ0v) is 21.3. The summed E-state index contributed by atoms with van der Waals surface area (Å²) in [6.07, 6.45) is 3.12. The highest BCUT2D eigenvalue weighted by Crippen LogP contribution is 2.36. The van der Waals surface area contributed by atoms with E-state index in [1.165, 1.54) is 10.4 Å². The van der Waals surface area contributed by atoms with Gasteiger partial charge in [-0.15, -0.1) is 11.3 Å². The Morgan fingerprint density at radius 1 is 1.18 bits per heavy atom. The van der Waals surface area contributed by atoms with Crippen LogP contribution in [0.5, 0.6) is 11.5 Å². The molecular weight excluding hydrogens is 468 g/mol. The van der Waals surface area contributed by atoms with Crippen molar-refractivity contribution < 1.29 is 9.47 Å². The lowest BCUT2D eigenvalue weighted by Gasteiger charge is -2.17. The van der Waals surface area contributed by atoms with Gasteiger partial charge >= 0.3 is 0 Å². The fourth-order valence-electron chi connectivity index (χ4n) is 4.58. The molecule has 7 heteroatoms. The lowest BCUT2D eigenvalue weighted by Crippen LogP contribution is -2.10. The summed E-state index contributed by atoms with van der Waals surface area (Å²) in [7, 11) is 1.64. The number of aryl methyl sites for hydroxylation is 3. The number of hydrogen-bond acceptors (Lipinski definition) is 5. The Kier molecular flexibility index (Phi) is 6.13. The number of aromatic amines is 1. The summed E-state index contributed by atoms with van der Waals surface area (Å²) >= 11 is 8.00. The SMILES string of the molecule is COc1ccc(-c2nc3sc4c(c3c(=O)[nH]2)CCC4)cc1COc1cc(C)c(Cl)cc1C(C)C. The van der Waals surface area contributed by atoms with Crippen molar-refractivity contribution in [2.45, 2.75) is 52.6 Å². The van der Waals surface area contributed by atoms with Crippen LogP contribution in [0.3, 0.4) is 0 Å². The number of ether oxygens (including phenoxy) is 2. The fourth-order valence-corrected chi connectivity index (χ4v) is 6.01. The maximum absolute atomic E-state index is 12.9. The molecule has 176 valence electrons. The quantitative estimate of drug-likeness (QED) is 0.319. The van der Waals surface area contributed by atoms with Crippen molar-refractivity contribution in [1.82, 2.24) is 9.97 Å². The van der Waals surface area contributed by atoms with Crippen molar-refractivity contribution in [2.24, 2.45) is 0 Å². The van der Waals surface area contributed by atoms with Crippen LogP contribution in [0.2, 0.25) is 5.02 Å². The maximum Gasteiger partial charge on any atom is 0.260 e. The van der Waals surface area contributed by atoms with Crippen LogP contribution in [0.1, 0.15) is 53.3 Å². The second-order valence-electron chi connectivity index (χ2n) is 9.06. The Balaban J connectivity index is 1.50. The highest BCUT2D eigenvalue weighted by atomic mass is 35.5. The van der Waals surface area contributed by atoms with Crippen LogP contribution >= 0.6 is 22.9 Å². The zero-order valence-electron chi connectivity index (χ0n) is 19.8. The molecule has 1 N–H and O–H groups in total. The first-order valence-electron chi connectivity index (χ1n) is 11.5. The lowest BCUT2D eigenvalue weighted by molar-refractivity contribution is 0.292. The third-order valence-corrected chi connectivity index (χ3v) is 8.02. The molecule has 5 nitrogen and oxygen atoms in total. The van der Waals surface area contributed by atoms with Gasteiger partial charge in [0.05, 0.1) is 12.5 Å². The highest BCUT2D eigenvalue weighted by Gasteiger charge is 2.21. The second-order valence-corrected chi connectivity index (χ2v) is 10.6. The summed E-state index contributed by atoms with van der Waals surface area (Å²) in [5.41, 5.74) is 4.85. The molecule has 0 saturated heterocycles. The van der Waals surface area contributed by atoms with Crippen molar-refractivity contribution >= 4 is 33.2 Å². The molecule has 0 atom stereocenters. The molecule has 2 aromatic heterocycles. The Morgan fingerprint density at radius 3 is 2.76 bits per heavy atom. The summed E-state index contributed by atoms with van der Waals surface area (Å²) in [6, 6.07) is 9.74. The fraction of sp³-hybridized carbons (Fsp3) is 0.333. The topological polar surface area (TPSA) is 64.2 Å². The largest absolute Gasteiger partial charge is 0.496 e. The summed E-state index contributed by atoms with van der Waals surface area (Å²) in [5, 5.41) is 1.50. The minimum absolute atomic E-state index is 0.0637. The van der Waals surface area contributed by atoms with Gasteiger partial charge in [0.2, 0.25) is 0 Å². The number of H-pyrrole nitrogens is 1. The van der Waals surface area contributed by atoms with E-state index in [0.29, 0.717) is 12.4 Å². The van der Waals surface area contributed by atoms with Crippen molar-refractivity contribution in [3.63, 3.8) is 0 Å². The Hall–Kier alpha value is -2.83. The number of methoxy groups -OCH3 is 1. The van der Waals surface area contributed by atoms with Gasteiger partial charge in [-0.3, -0.25) is 4.79 Å². The van der Waals surface area contributed by atoms with Gasteiger partial charge in [0.25, 0.3) is 5.56 Å². The molecule has 0 spiro atoms. The Labute approximate surface area is 207 Å². The van der Waals surface area contributed by atoms with Gasteiger partial charge in [-0.05, 0) is 79.1 Å². The molecule has 5 rings (SSSR count). The van der Waals surface area contributed by atoms with Gasteiger partial charge in [-0.1, -0.05) is 25.4 Å². The molecule has 0 saturated carbocycles. The van der Waals surface area contributed by atoms with E-state index in [-0.39, 0.29) is 11.5 Å². The predicted octanol–water partition coefficient (Wildman–Crippen LogP) is 6.81. The first-order chi connectivity index (χ1) is 16.4. The van der Waals surface area contributed by atoms with E-state index < -0.39 is 0 Å². The van der Waals surface area contributed by atoms with Gasteiger partial charge < -0.3 is 14.5 Å². The smallest absolute Gasteiger partial charge is 0.260 e. The van der Waals surface area contributed by atoms with Crippen LogP contribution in [0.15, 0.2) is 35.1 Å². The normalized spacial score (nSPS) is 13.0. The average Bonchev–Trinajstić information content (AvgIpc) is 3.40. The van der Waals surface area contributed by atoms with E-state index in [0.717, 1.165) is 68.3 Å². The number of benzene rings is 2. The minimum Gasteiger partial charge on any atom is -0.496 e. The molecule has 2 heterocycles. The highest BCUT2D eigenvalue weighted by molar-refractivity contribution is 7.18. The van der Waals surface area contributed by atoms with Gasteiger partial charge in [-0.2, -0.15) is 0 Å². The van der Waals surface area contributed by atoms with E-state index in [9.17, 15) is 4.79 Å². The van der Waals surface area contributed by atoms with E-state index in [1.54, 1.807) is 18.4 Å². The number of thiophene rings is 1. The molecule has 1 aliphatic carbocycles. The van der Waals surface area contributed by atoms with Crippen molar-refractivity contribution in [3.05, 3.63) is 72.8 Å². The van der Waals surface area contributed by atoms with E-state index in [4.69, 9.17) is 26.1 Å². The van der Waals surface area contributed by atoms with Crippen LogP contribution in [0, 0.1) is 6.92 Å². The Morgan fingerprint density at radius 2 is 2.00 bits per heavy atom. The number of rotatable bonds is 6. The predicted molar refractivity (Wildman–Crippen MR) is 139 cm³/mol. The summed E-state index contributed by atoms with van der Waals surface area (Å²) in [4.78, 5) is 22.9. The molecule has 0 amide bonds. The molecular formula is C27H27ClN2O3S. The third-order valence-electron chi connectivity index (χ3n) is 6.43. The molecule has 34 heavy (non-hydrogen) atoms. The van der Waals surface area contributed by atoms with Gasteiger partial charge in [0, 0.05) is 21.0 Å². The number of aromatic nitrogens is 2. The number of nitrogens with one attached hydrogen (secondary N) is 1. The number of halogens is 1. The number of nitrogens with zero attached hydrogens (tertiary/aromatic N) is 1. The van der Waals surface area contributed by atoms with Crippen molar-refractivity contribution in [1.29, 1.82) is 0 Å². The van der Waals surface area contributed by atoms with Crippen LogP contribution in [0.4, 0.5) is 0 Å². The molecule has 0 bridgehead atoms. The summed E-state index contributed by atoms with van der Waals surface area (Å²) < 4.78 is 11.8. The first kappa shape index (κ1) is 22.9. The molecule has 0 unspecified atom stereocenters. The van der Waals surface area contributed by atoms with Crippen LogP contribution < -0.4 is 15.0 Å². The van der Waals surface area contributed by atoms with Crippen LogP contribution in [-0.4, -0.2) is 17.1 Å². The van der Waals surface area contributed by atoms with E-state index in [2.05, 4.69) is 18.8 Å². The number of hydrogen-bond donors (Lipinski definition) is 1. The Bertz CT molecular complexity index is 1450. The van der Waals surface area contributed by atoms with Gasteiger partial charge in [0.1, 0.15) is 28.8 Å². The molecule has 4 aromatic rings. The van der Waals surface area contributed by atoms with Gasteiger partial charge in [0.15, 0.2) is 0 Å². The standard InChI is InChI=1S/C27H27ClN2O3S/c1-14(2)19-12-20(28)15(3)10-22(19)33-13-17-11-16(8-9-21(17)32-4)25-29-26(31)24-18-6-5-7-23(18)34-27(24)30-25/h8-12,14H,5-7,13H2,1-4H3,(H,29,30,31). The molecule has 1 aliphatic rings.